The van der Waals surface area contributed by atoms with Gasteiger partial charge in [-0.15, -0.1) is 0 Å². The van der Waals surface area contributed by atoms with E-state index in [0.29, 0.717) is 10.0 Å². The van der Waals surface area contributed by atoms with Crippen LogP contribution >= 0.6 is 15.9 Å². The molecule has 5 heteroatoms. The van der Waals surface area contributed by atoms with Crippen LogP contribution in [-0.2, 0) is 10.3 Å². The van der Waals surface area contributed by atoms with E-state index in [1.807, 2.05) is 0 Å². The highest BCUT2D eigenvalue weighted by molar-refractivity contribution is 9.10. The molecule has 0 bridgehead atoms. The Kier molecular flexibility index (Phi) is 2.33. The SMILES string of the molecule is OC1(c2cc(F)c(F)cc2Br)COC1. The third-order valence-corrected chi connectivity index (χ3v) is 2.85. The molecular weight excluding hydrogens is 258 g/mol. The van der Waals surface area contributed by atoms with Gasteiger partial charge in [-0.2, -0.15) is 0 Å². The quantitative estimate of drug-likeness (QED) is 0.786. The highest BCUT2D eigenvalue weighted by atomic mass is 79.9. The van der Waals surface area contributed by atoms with Gasteiger partial charge in [-0.3, -0.25) is 0 Å². The van der Waals surface area contributed by atoms with Gasteiger partial charge in [-0.25, -0.2) is 8.78 Å². The lowest BCUT2D eigenvalue weighted by atomic mass is 9.92. The Hall–Kier alpha value is -0.520. The van der Waals surface area contributed by atoms with Crippen molar-refractivity contribution >= 4 is 15.9 Å². The highest BCUT2D eigenvalue weighted by Gasteiger charge is 2.40. The second-order valence-electron chi connectivity index (χ2n) is 3.27. The Morgan fingerprint density at radius 1 is 1.29 bits per heavy atom. The topological polar surface area (TPSA) is 29.5 Å². The van der Waals surface area contributed by atoms with Gasteiger partial charge in [0.05, 0.1) is 13.2 Å². The van der Waals surface area contributed by atoms with Crippen LogP contribution < -0.4 is 0 Å². The van der Waals surface area contributed by atoms with Gasteiger partial charge in [0, 0.05) is 10.0 Å². The molecule has 2 rings (SSSR count). The Morgan fingerprint density at radius 2 is 1.86 bits per heavy atom. The fourth-order valence-electron chi connectivity index (χ4n) is 1.33. The summed E-state index contributed by atoms with van der Waals surface area (Å²) in [5.74, 6) is -1.91. The second kappa shape index (κ2) is 3.25. The van der Waals surface area contributed by atoms with Gasteiger partial charge in [0.25, 0.3) is 0 Å². The number of rotatable bonds is 1. The summed E-state index contributed by atoms with van der Waals surface area (Å²) in [4.78, 5) is 0. The molecule has 1 heterocycles. The van der Waals surface area contributed by atoms with Gasteiger partial charge in [-0.1, -0.05) is 15.9 Å². The number of benzene rings is 1. The molecule has 0 atom stereocenters. The zero-order chi connectivity index (χ0) is 10.3. The van der Waals surface area contributed by atoms with Crippen molar-refractivity contribution in [2.45, 2.75) is 5.60 Å². The summed E-state index contributed by atoms with van der Waals surface area (Å²) in [6, 6.07) is 1.99. The van der Waals surface area contributed by atoms with Crippen molar-refractivity contribution in [3.63, 3.8) is 0 Å². The summed E-state index contributed by atoms with van der Waals surface area (Å²) in [6.07, 6.45) is 0. The fraction of sp³-hybridized carbons (Fsp3) is 0.333. The molecule has 1 aromatic carbocycles. The van der Waals surface area contributed by atoms with E-state index in [-0.39, 0.29) is 13.2 Å². The molecule has 0 spiro atoms. The molecule has 0 amide bonds. The molecule has 0 radical (unpaired) electrons. The number of hydrogen-bond donors (Lipinski definition) is 1. The van der Waals surface area contributed by atoms with E-state index in [1.165, 1.54) is 0 Å². The zero-order valence-corrected chi connectivity index (χ0v) is 8.64. The number of ether oxygens (including phenoxy) is 1. The van der Waals surface area contributed by atoms with Gasteiger partial charge in [0.2, 0.25) is 0 Å². The molecule has 14 heavy (non-hydrogen) atoms. The molecule has 0 unspecified atom stereocenters. The normalized spacial score (nSPS) is 19.1. The predicted octanol–water partition coefficient (Wildman–Crippen LogP) is 1.95. The number of aliphatic hydroxyl groups is 1. The lowest BCUT2D eigenvalue weighted by Crippen LogP contribution is -2.46. The average Bonchev–Trinajstić information content (AvgIpc) is 2.07. The Balaban J connectivity index is 2.48. The summed E-state index contributed by atoms with van der Waals surface area (Å²) in [5.41, 5.74) is -0.865. The van der Waals surface area contributed by atoms with Crippen LogP contribution in [-0.4, -0.2) is 18.3 Å². The Labute approximate surface area is 87.6 Å². The first-order valence-corrected chi connectivity index (χ1v) is 4.77. The minimum absolute atomic E-state index is 0.108. The van der Waals surface area contributed by atoms with E-state index < -0.39 is 17.2 Å². The first kappa shape index (κ1) is 10.0. The molecule has 1 saturated heterocycles. The van der Waals surface area contributed by atoms with E-state index in [1.54, 1.807) is 0 Å². The van der Waals surface area contributed by atoms with Crippen molar-refractivity contribution in [1.29, 1.82) is 0 Å². The van der Waals surface area contributed by atoms with Crippen LogP contribution in [0.15, 0.2) is 16.6 Å². The third-order valence-electron chi connectivity index (χ3n) is 2.19. The standard InChI is InChI=1S/C9H7BrF2O2/c10-6-2-8(12)7(11)1-5(6)9(13)3-14-4-9/h1-2,13H,3-4H2. The van der Waals surface area contributed by atoms with E-state index >= 15 is 0 Å². The lowest BCUT2D eigenvalue weighted by molar-refractivity contribution is -0.185. The molecule has 0 aliphatic carbocycles. The highest BCUT2D eigenvalue weighted by Crippen LogP contribution is 2.35. The van der Waals surface area contributed by atoms with Crippen LogP contribution in [0.25, 0.3) is 0 Å². The van der Waals surface area contributed by atoms with Gasteiger partial charge >= 0.3 is 0 Å². The number of hydrogen-bond acceptors (Lipinski definition) is 2. The van der Waals surface area contributed by atoms with E-state index in [9.17, 15) is 13.9 Å². The maximum atomic E-state index is 12.9. The number of halogens is 3. The fourth-order valence-corrected chi connectivity index (χ4v) is 2.01. The minimum atomic E-state index is -1.19. The van der Waals surface area contributed by atoms with Crippen molar-refractivity contribution in [2.75, 3.05) is 13.2 Å². The molecule has 2 nitrogen and oxygen atoms in total. The van der Waals surface area contributed by atoms with Crippen LogP contribution in [0.4, 0.5) is 8.78 Å². The van der Waals surface area contributed by atoms with Crippen molar-refractivity contribution in [1.82, 2.24) is 0 Å². The monoisotopic (exact) mass is 264 g/mol. The van der Waals surface area contributed by atoms with Crippen LogP contribution in [0.5, 0.6) is 0 Å². The summed E-state index contributed by atoms with van der Waals surface area (Å²) >= 11 is 3.07. The second-order valence-corrected chi connectivity index (χ2v) is 4.12. The maximum absolute atomic E-state index is 12.9. The summed E-state index contributed by atoms with van der Waals surface area (Å²) in [5, 5.41) is 9.83. The largest absolute Gasteiger partial charge is 0.380 e. The zero-order valence-electron chi connectivity index (χ0n) is 7.06. The first-order valence-electron chi connectivity index (χ1n) is 3.98. The van der Waals surface area contributed by atoms with Crippen molar-refractivity contribution in [3.8, 4) is 0 Å². The van der Waals surface area contributed by atoms with E-state index in [0.717, 1.165) is 12.1 Å². The van der Waals surface area contributed by atoms with Gasteiger partial charge < -0.3 is 9.84 Å². The van der Waals surface area contributed by atoms with Crippen molar-refractivity contribution in [2.24, 2.45) is 0 Å². The molecule has 1 N–H and O–H groups in total. The van der Waals surface area contributed by atoms with Gasteiger partial charge in [0.1, 0.15) is 5.60 Å². The lowest BCUT2D eigenvalue weighted by Gasteiger charge is -2.37. The molecule has 1 aliphatic heterocycles. The molecular formula is C9H7BrF2O2. The first-order chi connectivity index (χ1) is 6.53. The van der Waals surface area contributed by atoms with Crippen molar-refractivity contribution in [3.05, 3.63) is 33.8 Å². The smallest absolute Gasteiger partial charge is 0.159 e. The van der Waals surface area contributed by atoms with Crippen LogP contribution in [0, 0.1) is 11.6 Å². The van der Waals surface area contributed by atoms with Crippen LogP contribution in [0.1, 0.15) is 5.56 Å². The molecule has 0 saturated carbocycles. The molecule has 1 fully saturated rings. The Morgan fingerprint density at radius 3 is 2.36 bits per heavy atom. The van der Waals surface area contributed by atoms with Crippen LogP contribution in [0.2, 0.25) is 0 Å². The molecule has 1 aromatic rings. The Bertz CT molecular complexity index is 377. The maximum Gasteiger partial charge on any atom is 0.159 e. The van der Waals surface area contributed by atoms with Gasteiger partial charge in [-0.05, 0) is 12.1 Å². The predicted molar refractivity (Wildman–Crippen MR) is 48.8 cm³/mol. The van der Waals surface area contributed by atoms with E-state index in [2.05, 4.69) is 15.9 Å². The molecule has 0 aromatic heterocycles. The van der Waals surface area contributed by atoms with Gasteiger partial charge in [0.15, 0.2) is 11.6 Å². The molecule has 76 valence electrons. The van der Waals surface area contributed by atoms with E-state index in [4.69, 9.17) is 4.74 Å². The third kappa shape index (κ3) is 1.45. The van der Waals surface area contributed by atoms with Crippen molar-refractivity contribution < 1.29 is 18.6 Å². The summed E-state index contributed by atoms with van der Waals surface area (Å²) in [7, 11) is 0. The molecule has 1 aliphatic rings. The summed E-state index contributed by atoms with van der Waals surface area (Å²) < 4.78 is 30.8. The average molecular weight is 265 g/mol. The van der Waals surface area contributed by atoms with Crippen LogP contribution in [0.3, 0.4) is 0 Å². The summed E-state index contributed by atoms with van der Waals surface area (Å²) in [6.45, 7) is 0.216. The minimum Gasteiger partial charge on any atom is -0.380 e.